The van der Waals surface area contributed by atoms with Crippen LogP contribution in [0.15, 0.2) is 40.9 Å². The highest BCUT2D eigenvalue weighted by atomic mass is 79.9. The van der Waals surface area contributed by atoms with Crippen LogP contribution in [-0.2, 0) is 0 Å². The predicted molar refractivity (Wildman–Crippen MR) is 84.3 cm³/mol. The van der Waals surface area contributed by atoms with E-state index in [9.17, 15) is 13.6 Å². The van der Waals surface area contributed by atoms with E-state index in [1.54, 1.807) is 0 Å². The molecule has 21 heavy (non-hydrogen) atoms. The van der Waals surface area contributed by atoms with Crippen LogP contribution >= 0.6 is 28.1 Å². The van der Waals surface area contributed by atoms with E-state index >= 15 is 0 Å². The highest BCUT2D eigenvalue weighted by Gasteiger charge is 2.12. The lowest BCUT2D eigenvalue weighted by Gasteiger charge is -2.08. The molecule has 0 atom stereocenters. The molecule has 2 rings (SSSR count). The minimum atomic E-state index is -0.675. The number of amides is 1. The van der Waals surface area contributed by atoms with Crippen LogP contribution in [0.2, 0.25) is 0 Å². The van der Waals surface area contributed by atoms with Gasteiger partial charge >= 0.3 is 0 Å². The van der Waals surface area contributed by atoms with Crippen molar-refractivity contribution in [1.82, 2.24) is 0 Å². The Morgan fingerprint density at radius 2 is 1.71 bits per heavy atom. The molecule has 0 bridgehead atoms. The highest BCUT2D eigenvalue weighted by Crippen LogP contribution is 2.19. The molecule has 0 unspecified atom stereocenters. The highest BCUT2D eigenvalue weighted by molar-refractivity contribution is 9.10. The topological polar surface area (TPSA) is 55.1 Å². The average Bonchev–Trinajstić information content (AvgIpc) is 2.43. The summed E-state index contributed by atoms with van der Waals surface area (Å²) >= 11 is 7.72. The molecule has 0 saturated carbocycles. The molecule has 2 aromatic carbocycles. The lowest BCUT2D eigenvalue weighted by atomic mass is 10.1. The number of rotatable bonds is 3. The van der Waals surface area contributed by atoms with E-state index in [0.717, 1.165) is 12.1 Å². The van der Waals surface area contributed by atoms with Crippen molar-refractivity contribution in [3.63, 3.8) is 0 Å². The fourth-order valence-electron chi connectivity index (χ4n) is 1.60. The molecule has 108 valence electrons. The number of anilines is 1. The molecule has 0 aliphatic heterocycles. The van der Waals surface area contributed by atoms with Gasteiger partial charge in [-0.15, -0.1) is 0 Å². The fraction of sp³-hybridized carbons (Fsp3) is 0. The van der Waals surface area contributed by atoms with Crippen molar-refractivity contribution in [3.8, 4) is 0 Å². The van der Waals surface area contributed by atoms with Gasteiger partial charge in [-0.3, -0.25) is 4.79 Å². The van der Waals surface area contributed by atoms with Crippen LogP contribution in [0, 0.1) is 11.6 Å². The first-order valence-electron chi connectivity index (χ1n) is 5.74. The van der Waals surface area contributed by atoms with Crippen LogP contribution in [0.1, 0.15) is 15.9 Å². The maximum atomic E-state index is 13.8. The molecule has 1 amide bonds. The van der Waals surface area contributed by atoms with Gasteiger partial charge in [-0.05, 0) is 52.3 Å². The van der Waals surface area contributed by atoms with Gasteiger partial charge in [0.2, 0.25) is 0 Å². The van der Waals surface area contributed by atoms with E-state index in [-0.39, 0.29) is 20.7 Å². The van der Waals surface area contributed by atoms with Crippen molar-refractivity contribution in [2.75, 3.05) is 5.32 Å². The number of nitrogens with one attached hydrogen (secondary N) is 1. The Labute approximate surface area is 133 Å². The molecule has 0 radical (unpaired) electrons. The molecule has 0 heterocycles. The van der Waals surface area contributed by atoms with Crippen LogP contribution in [0.5, 0.6) is 0 Å². The van der Waals surface area contributed by atoms with Gasteiger partial charge in [0.05, 0.1) is 10.2 Å². The van der Waals surface area contributed by atoms with Gasteiger partial charge in [0.25, 0.3) is 5.91 Å². The first kappa shape index (κ1) is 15.5. The Balaban J connectivity index is 2.23. The second kappa shape index (κ2) is 6.28. The fourth-order valence-corrected chi connectivity index (χ4v) is 1.98. The quantitative estimate of drug-likeness (QED) is 0.811. The standard InChI is InChI=1S/C14H9BrF2N2OS/c15-9-3-1-8(6-10(9)16)14(20)19-12-4-2-7(13(18)21)5-11(12)17/h1-6H,(H2,18,21)(H,19,20). The van der Waals surface area contributed by atoms with Crippen LogP contribution < -0.4 is 11.1 Å². The molecule has 0 spiro atoms. The zero-order chi connectivity index (χ0) is 15.6. The summed E-state index contributed by atoms with van der Waals surface area (Å²) in [5, 5.41) is 2.36. The van der Waals surface area contributed by atoms with Gasteiger partial charge in [-0.1, -0.05) is 12.2 Å². The summed E-state index contributed by atoms with van der Waals surface area (Å²) in [5.74, 6) is -1.87. The lowest BCUT2D eigenvalue weighted by Crippen LogP contribution is -2.14. The number of carbonyl (C=O) groups is 1. The van der Waals surface area contributed by atoms with Crippen molar-refractivity contribution in [3.05, 3.63) is 63.6 Å². The average molecular weight is 371 g/mol. The number of benzene rings is 2. The third kappa shape index (κ3) is 3.62. The van der Waals surface area contributed by atoms with Crippen LogP contribution in [-0.4, -0.2) is 10.9 Å². The Hall–Kier alpha value is -1.86. The van der Waals surface area contributed by atoms with Crippen molar-refractivity contribution in [1.29, 1.82) is 0 Å². The molecule has 0 aliphatic carbocycles. The molecule has 0 fully saturated rings. The van der Waals surface area contributed by atoms with Gasteiger partial charge in [-0.25, -0.2) is 8.78 Å². The number of carbonyl (C=O) groups excluding carboxylic acids is 1. The third-order valence-corrected chi connectivity index (χ3v) is 3.56. The second-order valence-corrected chi connectivity index (χ2v) is 5.44. The minimum Gasteiger partial charge on any atom is -0.389 e. The van der Waals surface area contributed by atoms with Crippen molar-refractivity contribution in [2.24, 2.45) is 5.73 Å². The summed E-state index contributed by atoms with van der Waals surface area (Å²) in [7, 11) is 0. The lowest BCUT2D eigenvalue weighted by molar-refractivity contribution is 0.102. The zero-order valence-corrected chi connectivity index (χ0v) is 12.9. The Kier molecular flexibility index (Phi) is 4.64. The van der Waals surface area contributed by atoms with Crippen molar-refractivity contribution >= 4 is 44.7 Å². The van der Waals surface area contributed by atoms with Gasteiger partial charge in [0.1, 0.15) is 16.6 Å². The van der Waals surface area contributed by atoms with Crippen LogP contribution in [0.25, 0.3) is 0 Å². The summed E-state index contributed by atoms with van der Waals surface area (Å²) in [6.45, 7) is 0. The second-order valence-electron chi connectivity index (χ2n) is 4.14. The van der Waals surface area contributed by atoms with Crippen LogP contribution in [0.4, 0.5) is 14.5 Å². The first-order chi connectivity index (χ1) is 9.88. The molecule has 2 aromatic rings. The summed E-state index contributed by atoms with van der Waals surface area (Å²) in [6.07, 6.45) is 0. The maximum Gasteiger partial charge on any atom is 0.255 e. The summed E-state index contributed by atoms with van der Waals surface area (Å²) in [6, 6.07) is 7.83. The van der Waals surface area contributed by atoms with Gasteiger partial charge < -0.3 is 11.1 Å². The smallest absolute Gasteiger partial charge is 0.255 e. The van der Waals surface area contributed by atoms with Gasteiger partial charge in [0, 0.05) is 11.1 Å². The molecule has 3 N–H and O–H groups in total. The zero-order valence-electron chi connectivity index (χ0n) is 10.5. The SMILES string of the molecule is NC(=S)c1ccc(NC(=O)c2ccc(Br)c(F)c2)c(F)c1. The summed E-state index contributed by atoms with van der Waals surface area (Å²) in [5.41, 5.74) is 5.78. The monoisotopic (exact) mass is 370 g/mol. The third-order valence-electron chi connectivity index (χ3n) is 2.68. The Bertz CT molecular complexity index is 737. The summed E-state index contributed by atoms with van der Waals surface area (Å²) in [4.78, 5) is 12.0. The molecule has 0 saturated heterocycles. The molecule has 0 aromatic heterocycles. The molecular formula is C14H9BrF2N2OS. The normalized spacial score (nSPS) is 10.2. The first-order valence-corrected chi connectivity index (χ1v) is 6.94. The van der Waals surface area contributed by atoms with Crippen molar-refractivity contribution in [2.45, 2.75) is 0 Å². The number of thiocarbonyl (C=S) groups is 1. The molecule has 3 nitrogen and oxygen atoms in total. The number of hydrogen-bond acceptors (Lipinski definition) is 2. The van der Waals surface area contributed by atoms with E-state index in [0.29, 0.717) is 5.56 Å². The number of hydrogen-bond donors (Lipinski definition) is 2. The Morgan fingerprint density at radius 3 is 2.29 bits per heavy atom. The van der Waals surface area contributed by atoms with Gasteiger partial charge in [-0.2, -0.15) is 0 Å². The summed E-state index contributed by atoms with van der Waals surface area (Å²) < 4.78 is 27.4. The molecule has 0 aliphatic rings. The largest absolute Gasteiger partial charge is 0.389 e. The van der Waals surface area contributed by atoms with E-state index < -0.39 is 17.5 Å². The number of halogens is 3. The van der Waals surface area contributed by atoms with E-state index in [2.05, 4.69) is 21.2 Å². The van der Waals surface area contributed by atoms with Gasteiger partial charge in [0.15, 0.2) is 0 Å². The predicted octanol–water partition coefficient (Wildman–Crippen LogP) is 3.61. The number of nitrogens with two attached hydrogens (primary N) is 1. The van der Waals surface area contributed by atoms with E-state index in [1.807, 2.05) is 0 Å². The van der Waals surface area contributed by atoms with Crippen molar-refractivity contribution < 1.29 is 13.6 Å². The molecular weight excluding hydrogens is 362 g/mol. The van der Waals surface area contributed by atoms with E-state index in [1.165, 1.54) is 24.3 Å². The molecule has 7 heteroatoms. The van der Waals surface area contributed by atoms with E-state index in [4.69, 9.17) is 18.0 Å². The maximum absolute atomic E-state index is 13.8. The minimum absolute atomic E-state index is 0.0386. The Morgan fingerprint density at radius 1 is 1.10 bits per heavy atom. The van der Waals surface area contributed by atoms with Crippen LogP contribution in [0.3, 0.4) is 0 Å².